The number of amides is 1. The van der Waals surface area contributed by atoms with Crippen molar-refractivity contribution in [1.29, 1.82) is 0 Å². The van der Waals surface area contributed by atoms with Crippen LogP contribution >= 0.6 is 35.4 Å². The smallest absolute Gasteiger partial charge is 0.250 e. The number of rotatable bonds is 6. The fourth-order valence-electron chi connectivity index (χ4n) is 3.89. The van der Waals surface area contributed by atoms with Gasteiger partial charge < -0.3 is 14.2 Å². The SMILES string of the molecule is CCc1ccc2oc(-c3cc(NC(=S)NC(=O)/C=C/c4ccc(-c5ccc(C)c(Cl)c5)o4)ccc3Cl)nc2c1. The van der Waals surface area contributed by atoms with E-state index in [0.717, 1.165) is 23.1 Å². The molecule has 9 heteroatoms. The summed E-state index contributed by atoms with van der Waals surface area (Å²) in [4.78, 5) is 17.0. The van der Waals surface area contributed by atoms with Crippen molar-refractivity contribution in [2.75, 3.05) is 5.32 Å². The molecule has 5 aromatic rings. The van der Waals surface area contributed by atoms with E-state index in [2.05, 4.69) is 22.5 Å². The summed E-state index contributed by atoms with van der Waals surface area (Å²) in [5.74, 6) is 1.15. The molecular formula is C30H23Cl2N3O3S. The Morgan fingerprint density at radius 1 is 1.00 bits per heavy atom. The van der Waals surface area contributed by atoms with Crippen molar-refractivity contribution < 1.29 is 13.6 Å². The van der Waals surface area contributed by atoms with Gasteiger partial charge in [0.2, 0.25) is 11.8 Å². The molecule has 0 atom stereocenters. The number of aromatic nitrogens is 1. The second-order valence-corrected chi connectivity index (χ2v) is 10.0. The monoisotopic (exact) mass is 575 g/mol. The lowest BCUT2D eigenvalue weighted by Gasteiger charge is -2.09. The fraction of sp³-hybridized carbons (Fsp3) is 0.100. The van der Waals surface area contributed by atoms with Crippen molar-refractivity contribution >= 4 is 69.3 Å². The highest BCUT2D eigenvalue weighted by Gasteiger charge is 2.14. The maximum Gasteiger partial charge on any atom is 0.250 e. The molecule has 3 aromatic carbocycles. The summed E-state index contributed by atoms with van der Waals surface area (Å²) in [6.45, 7) is 4.02. The lowest BCUT2D eigenvalue weighted by atomic mass is 10.1. The van der Waals surface area contributed by atoms with Crippen LogP contribution in [0.5, 0.6) is 0 Å². The molecule has 0 unspecified atom stereocenters. The molecule has 39 heavy (non-hydrogen) atoms. The molecule has 2 N–H and O–H groups in total. The van der Waals surface area contributed by atoms with E-state index in [0.29, 0.717) is 44.3 Å². The van der Waals surface area contributed by atoms with Crippen LogP contribution in [0.25, 0.3) is 40.0 Å². The zero-order valence-electron chi connectivity index (χ0n) is 21.0. The van der Waals surface area contributed by atoms with Gasteiger partial charge in [0.05, 0.1) is 10.6 Å². The Balaban J connectivity index is 1.23. The van der Waals surface area contributed by atoms with Gasteiger partial charge in [0.1, 0.15) is 17.0 Å². The Kier molecular flexibility index (Phi) is 7.84. The number of aryl methyl sites for hydroxylation is 2. The number of oxazole rings is 1. The van der Waals surface area contributed by atoms with Gasteiger partial charge in [-0.05, 0) is 91.3 Å². The third kappa shape index (κ3) is 6.23. The number of fused-ring (bicyclic) bond motifs is 1. The van der Waals surface area contributed by atoms with Crippen molar-refractivity contribution in [2.45, 2.75) is 20.3 Å². The molecule has 0 spiro atoms. The number of furan rings is 1. The van der Waals surface area contributed by atoms with Gasteiger partial charge in [0, 0.05) is 22.3 Å². The Bertz CT molecular complexity index is 1740. The van der Waals surface area contributed by atoms with Gasteiger partial charge in [-0.3, -0.25) is 10.1 Å². The second kappa shape index (κ2) is 11.5. The number of hydrogen-bond acceptors (Lipinski definition) is 5. The first-order valence-electron chi connectivity index (χ1n) is 12.1. The Hall–Kier alpha value is -3.91. The Labute approximate surface area is 240 Å². The molecule has 0 aliphatic heterocycles. The predicted molar refractivity (Wildman–Crippen MR) is 161 cm³/mol. The van der Waals surface area contributed by atoms with Crippen LogP contribution in [0.4, 0.5) is 5.69 Å². The van der Waals surface area contributed by atoms with E-state index in [1.807, 2.05) is 49.4 Å². The summed E-state index contributed by atoms with van der Waals surface area (Å²) in [6.07, 6.45) is 3.81. The van der Waals surface area contributed by atoms with E-state index in [1.165, 1.54) is 11.6 Å². The Morgan fingerprint density at radius 2 is 1.85 bits per heavy atom. The minimum absolute atomic E-state index is 0.123. The van der Waals surface area contributed by atoms with Crippen LogP contribution in [0.1, 0.15) is 23.8 Å². The van der Waals surface area contributed by atoms with Crippen molar-refractivity contribution in [3.8, 4) is 22.8 Å². The van der Waals surface area contributed by atoms with Gasteiger partial charge in [0.25, 0.3) is 0 Å². The van der Waals surface area contributed by atoms with Crippen LogP contribution in [0, 0.1) is 6.92 Å². The largest absolute Gasteiger partial charge is 0.457 e. The summed E-state index contributed by atoms with van der Waals surface area (Å²) in [5, 5.41) is 6.88. The van der Waals surface area contributed by atoms with Gasteiger partial charge in [-0.25, -0.2) is 4.98 Å². The molecule has 0 radical (unpaired) electrons. The molecule has 0 saturated carbocycles. The van der Waals surface area contributed by atoms with Gasteiger partial charge in [-0.15, -0.1) is 0 Å². The van der Waals surface area contributed by atoms with Crippen LogP contribution in [0.15, 0.2) is 81.6 Å². The second-order valence-electron chi connectivity index (χ2n) is 8.81. The van der Waals surface area contributed by atoms with Crippen LogP contribution in [-0.2, 0) is 11.2 Å². The molecule has 0 aliphatic carbocycles. The van der Waals surface area contributed by atoms with Crippen molar-refractivity contribution in [2.24, 2.45) is 0 Å². The molecule has 6 nitrogen and oxygen atoms in total. The maximum atomic E-state index is 12.4. The van der Waals surface area contributed by atoms with Crippen LogP contribution < -0.4 is 10.6 Å². The number of carbonyl (C=O) groups is 1. The standard InChI is InChI=1S/C30H23Cl2N3O3S/c1-3-18-5-11-27-25(14-18)34-29(38-27)22-16-20(7-10-23(22)31)33-30(39)35-28(36)13-9-21-8-12-26(37-21)19-6-4-17(2)24(32)15-19/h4-16H,3H2,1-2H3,(H2,33,35,36,39)/b13-9+. The molecule has 2 heterocycles. The normalized spacial score (nSPS) is 11.3. The zero-order chi connectivity index (χ0) is 27.5. The molecule has 0 saturated heterocycles. The summed E-state index contributed by atoms with van der Waals surface area (Å²) >= 11 is 18.0. The van der Waals surface area contributed by atoms with Crippen LogP contribution in [-0.4, -0.2) is 16.0 Å². The third-order valence-corrected chi connectivity index (χ3v) is 6.97. The number of halogens is 2. The lowest BCUT2D eigenvalue weighted by Crippen LogP contribution is -2.32. The first kappa shape index (κ1) is 26.7. The first-order chi connectivity index (χ1) is 18.8. The summed E-state index contributed by atoms with van der Waals surface area (Å²) in [5.41, 5.74) is 5.67. The van der Waals surface area contributed by atoms with E-state index in [1.54, 1.807) is 30.3 Å². The zero-order valence-corrected chi connectivity index (χ0v) is 23.4. The molecule has 0 aliphatic rings. The Morgan fingerprint density at radius 3 is 2.64 bits per heavy atom. The minimum atomic E-state index is -0.413. The number of hydrogen-bond donors (Lipinski definition) is 2. The average molecular weight is 577 g/mol. The highest BCUT2D eigenvalue weighted by Crippen LogP contribution is 2.33. The minimum Gasteiger partial charge on any atom is -0.457 e. The third-order valence-electron chi connectivity index (χ3n) is 6.03. The molecule has 2 aromatic heterocycles. The molecule has 1 amide bonds. The van der Waals surface area contributed by atoms with Gasteiger partial charge in [0.15, 0.2) is 10.7 Å². The molecular weight excluding hydrogens is 553 g/mol. The van der Waals surface area contributed by atoms with E-state index >= 15 is 0 Å². The topological polar surface area (TPSA) is 80.3 Å². The number of carbonyl (C=O) groups excluding carboxylic acids is 1. The van der Waals surface area contributed by atoms with E-state index < -0.39 is 5.91 Å². The van der Waals surface area contributed by atoms with Crippen molar-refractivity contribution in [3.05, 3.63) is 99.7 Å². The van der Waals surface area contributed by atoms with E-state index in [9.17, 15) is 4.79 Å². The number of nitrogens with one attached hydrogen (secondary N) is 2. The lowest BCUT2D eigenvalue weighted by molar-refractivity contribution is -0.115. The number of nitrogens with zero attached hydrogens (tertiary/aromatic N) is 1. The highest BCUT2D eigenvalue weighted by atomic mass is 35.5. The molecule has 196 valence electrons. The fourth-order valence-corrected chi connectivity index (χ4v) is 4.49. The van der Waals surface area contributed by atoms with Crippen molar-refractivity contribution in [3.63, 3.8) is 0 Å². The number of thiocarbonyl (C=S) groups is 1. The maximum absolute atomic E-state index is 12.4. The first-order valence-corrected chi connectivity index (χ1v) is 13.3. The summed E-state index contributed by atoms with van der Waals surface area (Å²) in [6, 6.07) is 20.4. The molecule has 0 bridgehead atoms. The quantitative estimate of drug-likeness (QED) is 0.156. The molecule has 5 rings (SSSR count). The highest BCUT2D eigenvalue weighted by molar-refractivity contribution is 7.80. The van der Waals surface area contributed by atoms with Crippen LogP contribution in [0.3, 0.4) is 0 Å². The number of benzene rings is 3. The predicted octanol–water partition coefficient (Wildman–Crippen LogP) is 8.46. The average Bonchev–Trinajstić information content (AvgIpc) is 3.57. The van der Waals surface area contributed by atoms with Crippen molar-refractivity contribution in [1.82, 2.24) is 10.3 Å². The van der Waals surface area contributed by atoms with Crippen LogP contribution in [0.2, 0.25) is 10.0 Å². The van der Waals surface area contributed by atoms with Gasteiger partial charge in [-0.2, -0.15) is 0 Å². The van der Waals surface area contributed by atoms with E-state index in [4.69, 9.17) is 44.3 Å². The summed E-state index contributed by atoms with van der Waals surface area (Å²) in [7, 11) is 0. The van der Waals surface area contributed by atoms with E-state index in [-0.39, 0.29) is 5.11 Å². The van der Waals surface area contributed by atoms with Gasteiger partial charge >= 0.3 is 0 Å². The molecule has 0 fully saturated rings. The summed E-state index contributed by atoms with van der Waals surface area (Å²) < 4.78 is 11.7. The number of anilines is 1. The van der Waals surface area contributed by atoms with Gasteiger partial charge in [-0.1, -0.05) is 48.3 Å².